The molecule has 0 saturated carbocycles. The molecule has 194 valence electrons. The van der Waals surface area contributed by atoms with Gasteiger partial charge in [-0.1, -0.05) is 109 Å². The summed E-state index contributed by atoms with van der Waals surface area (Å²) in [4.78, 5) is 0.295. The minimum Gasteiger partial charge on any atom is -0.306 e. The highest BCUT2D eigenvalue weighted by Crippen LogP contribution is 2.46. The largest absolute Gasteiger partial charge is 0.306 e. The fourth-order valence-electron chi connectivity index (χ4n) is 6.64. The van der Waals surface area contributed by atoms with Crippen LogP contribution in [0.15, 0.2) is 138 Å². The van der Waals surface area contributed by atoms with Gasteiger partial charge in [-0.25, -0.2) is 12.4 Å². The Labute approximate surface area is 236 Å². The molecule has 9 rings (SSSR count). The first kappa shape index (κ1) is 22.7. The summed E-state index contributed by atoms with van der Waals surface area (Å²) < 4.78 is 33.0. The van der Waals surface area contributed by atoms with E-state index in [1.54, 1.807) is 10.0 Å². The molecule has 0 bridgehead atoms. The van der Waals surface area contributed by atoms with Crippen LogP contribution in [0, 0.1) is 0 Å². The minimum absolute atomic E-state index is 0.295. The molecule has 0 N–H and O–H groups in total. The third-order valence-electron chi connectivity index (χ3n) is 8.45. The van der Waals surface area contributed by atoms with Gasteiger partial charge in [-0.15, -0.1) is 0 Å². The number of benzene rings is 6. The topological polar surface area (TPSA) is 44.0 Å². The number of aromatic nitrogens is 2. The van der Waals surface area contributed by atoms with Gasteiger partial charge in [0.05, 0.1) is 27.8 Å². The van der Waals surface area contributed by atoms with Crippen molar-refractivity contribution in [3.63, 3.8) is 0 Å². The first-order valence-electron chi connectivity index (χ1n) is 13.6. The molecule has 3 heterocycles. The Hall–Kier alpha value is -5.13. The maximum atomic E-state index is 14.6. The van der Waals surface area contributed by atoms with E-state index in [1.807, 2.05) is 60.7 Å². The molecule has 0 radical (unpaired) electrons. The van der Waals surface area contributed by atoms with Crippen molar-refractivity contribution in [2.24, 2.45) is 0 Å². The van der Waals surface area contributed by atoms with Gasteiger partial charge in [-0.2, -0.15) is 0 Å². The SMILES string of the molecule is O=S1(=O)c2ccccc2-n2c3cc(-c4ccccc4)ccc3c3ccc4c5ccc(-c6ccccc6)cc5n1c4c32. The van der Waals surface area contributed by atoms with E-state index in [0.29, 0.717) is 16.1 Å². The van der Waals surface area contributed by atoms with Gasteiger partial charge in [0, 0.05) is 21.5 Å². The summed E-state index contributed by atoms with van der Waals surface area (Å²) in [6, 6.07) is 44.7. The quantitative estimate of drug-likeness (QED) is 0.218. The Morgan fingerprint density at radius 3 is 1.61 bits per heavy atom. The van der Waals surface area contributed by atoms with E-state index in [-0.39, 0.29) is 0 Å². The second-order valence-corrected chi connectivity index (χ2v) is 12.4. The molecule has 1 aliphatic heterocycles. The number of nitrogens with zero attached hydrogens (tertiary/aromatic N) is 2. The van der Waals surface area contributed by atoms with E-state index >= 15 is 0 Å². The lowest BCUT2D eigenvalue weighted by Gasteiger charge is -2.13. The second kappa shape index (κ2) is 7.96. The van der Waals surface area contributed by atoms with Crippen LogP contribution in [0.4, 0.5) is 0 Å². The molecule has 2 aromatic heterocycles. The predicted molar refractivity (Wildman–Crippen MR) is 167 cm³/mol. The highest BCUT2D eigenvalue weighted by atomic mass is 32.2. The normalized spacial score (nSPS) is 13.8. The zero-order valence-corrected chi connectivity index (χ0v) is 22.6. The highest BCUT2D eigenvalue weighted by molar-refractivity contribution is 7.90. The lowest BCUT2D eigenvalue weighted by atomic mass is 10.0. The van der Waals surface area contributed by atoms with E-state index in [2.05, 4.69) is 71.3 Å². The average Bonchev–Trinajstić information content (AvgIpc) is 3.51. The maximum Gasteiger partial charge on any atom is 0.270 e. The fraction of sp³-hybridized carbons (Fsp3) is 0. The van der Waals surface area contributed by atoms with Crippen LogP contribution >= 0.6 is 0 Å². The van der Waals surface area contributed by atoms with Crippen molar-refractivity contribution in [2.75, 3.05) is 0 Å². The smallest absolute Gasteiger partial charge is 0.270 e. The first-order chi connectivity index (χ1) is 20.1. The number of hydrogen-bond acceptors (Lipinski definition) is 2. The molecule has 1 aliphatic rings. The van der Waals surface area contributed by atoms with Crippen molar-refractivity contribution >= 4 is 53.6 Å². The molecule has 0 saturated heterocycles. The van der Waals surface area contributed by atoms with Crippen LogP contribution in [0.3, 0.4) is 0 Å². The van der Waals surface area contributed by atoms with E-state index in [1.165, 1.54) is 0 Å². The zero-order valence-electron chi connectivity index (χ0n) is 21.8. The number of fused-ring (bicyclic) bond motifs is 8. The van der Waals surface area contributed by atoms with Crippen LogP contribution in [0.2, 0.25) is 0 Å². The lowest BCUT2D eigenvalue weighted by Crippen LogP contribution is -2.13. The summed E-state index contributed by atoms with van der Waals surface area (Å²) in [6.45, 7) is 0. The first-order valence-corrected chi connectivity index (χ1v) is 15.1. The number of rotatable bonds is 2. The van der Waals surface area contributed by atoms with Crippen LogP contribution in [0.25, 0.3) is 71.6 Å². The van der Waals surface area contributed by atoms with Gasteiger partial charge in [-0.05, 0) is 46.5 Å². The van der Waals surface area contributed by atoms with Crippen molar-refractivity contribution in [3.8, 4) is 27.9 Å². The summed E-state index contributed by atoms with van der Waals surface area (Å²) in [5, 5.41) is 3.98. The fourth-order valence-corrected chi connectivity index (χ4v) is 8.34. The zero-order chi connectivity index (χ0) is 27.3. The van der Waals surface area contributed by atoms with Gasteiger partial charge in [0.2, 0.25) is 0 Å². The monoisotopic (exact) mass is 546 g/mol. The molecule has 5 heteroatoms. The van der Waals surface area contributed by atoms with Crippen molar-refractivity contribution < 1.29 is 8.42 Å². The van der Waals surface area contributed by atoms with Gasteiger partial charge in [-0.3, -0.25) is 0 Å². The molecule has 0 fully saturated rings. The molecule has 0 amide bonds. The van der Waals surface area contributed by atoms with Crippen molar-refractivity contribution in [1.29, 1.82) is 0 Å². The summed E-state index contributed by atoms with van der Waals surface area (Å²) in [5.41, 5.74) is 8.21. The van der Waals surface area contributed by atoms with Crippen LogP contribution in [-0.2, 0) is 10.0 Å². The Morgan fingerprint density at radius 1 is 0.439 bits per heavy atom. The second-order valence-electron chi connectivity index (χ2n) is 10.6. The molecule has 0 aliphatic carbocycles. The molecule has 0 unspecified atom stereocenters. The van der Waals surface area contributed by atoms with E-state index < -0.39 is 10.0 Å². The van der Waals surface area contributed by atoms with E-state index in [4.69, 9.17) is 0 Å². The van der Waals surface area contributed by atoms with E-state index in [9.17, 15) is 8.42 Å². The molecular formula is C36H22N2O2S. The Morgan fingerprint density at radius 2 is 0.951 bits per heavy atom. The van der Waals surface area contributed by atoms with E-state index in [0.717, 1.165) is 60.3 Å². The number of para-hydroxylation sites is 1. The Bertz CT molecular complexity index is 2470. The molecule has 6 aromatic carbocycles. The van der Waals surface area contributed by atoms with Crippen LogP contribution < -0.4 is 0 Å². The summed E-state index contributed by atoms with van der Waals surface area (Å²) in [5.74, 6) is 0. The lowest BCUT2D eigenvalue weighted by molar-refractivity contribution is 0.590. The highest BCUT2D eigenvalue weighted by Gasteiger charge is 2.33. The van der Waals surface area contributed by atoms with Crippen LogP contribution in [0.1, 0.15) is 0 Å². The van der Waals surface area contributed by atoms with Crippen molar-refractivity contribution in [3.05, 3.63) is 133 Å². The maximum absolute atomic E-state index is 14.6. The molecule has 41 heavy (non-hydrogen) atoms. The summed E-state index contributed by atoms with van der Waals surface area (Å²) in [6.07, 6.45) is 0. The Balaban J connectivity index is 1.50. The van der Waals surface area contributed by atoms with Crippen molar-refractivity contribution in [2.45, 2.75) is 4.90 Å². The molecule has 0 spiro atoms. The van der Waals surface area contributed by atoms with Gasteiger partial charge < -0.3 is 4.57 Å². The van der Waals surface area contributed by atoms with Gasteiger partial charge >= 0.3 is 0 Å². The van der Waals surface area contributed by atoms with Crippen molar-refractivity contribution in [1.82, 2.24) is 8.54 Å². The summed E-state index contributed by atoms with van der Waals surface area (Å²) >= 11 is 0. The van der Waals surface area contributed by atoms with Gasteiger partial charge in [0.15, 0.2) is 0 Å². The van der Waals surface area contributed by atoms with Gasteiger partial charge in [0.1, 0.15) is 4.90 Å². The third-order valence-corrected chi connectivity index (χ3v) is 10.2. The summed E-state index contributed by atoms with van der Waals surface area (Å²) in [7, 11) is -3.93. The Kier molecular flexibility index (Phi) is 4.40. The minimum atomic E-state index is -3.93. The standard InChI is InChI=1S/C36H22N2O2S/c39-41(40)34-14-8-7-13-31(34)37-32-21-25(23-9-3-1-4-10-23)15-17-27(32)29-19-20-30-28-18-16-26(24-11-5-2-6-12-24)22-33(28)38(41)36(30)35(29)37/h1-22H. The average molecular weight is 547 g/mol. The number of hydrogen-bond donors (Lipinski definition) is 0. The molecule has 8 aromatic rings. The predicted octanol–water partition coefficient (Wildman–Crippen LogP) is 8.78. The molecule has 0 atom stereocenters. The third kappa shape index (κ3) is 2.96. The molecule has 4 nitrogen and oxygen atoms in total. The van der Waals surface area contributed by atoms with Gasteiger partial charge in [0.25, 0.3) is 10.0 Å². The molecular weight excluding hydrogens is 524 g/mol. The van der Waals surface area contributed by atoms with Crippen LogP contribution in [-0.4, -0.2) is 17.0 Å². The van der Waals surface area contributed by atoms with Crippen LogP contribution in [0.5, 0.6) is 0 Å².